The third kappa shape index (κ3) is 3.38. The Kier molecular flexibility index (Phi) is 3.87. The Balaban J connectivity index is 2.01. The van der Waals surface area contributed by atoms with Crippen molar-refractivity contribution in [3.63, 3.8) is 0 Å². The standard InChI is InChI=1S/C12H13N5O2/c1-3-4-13-12(18)9-6-15-11(7-14-9)16-10-5-8(2)19-17-10/h3,5-7H,1,4H2,2H3,(H,13,18)(H,15,16,17). The highest BCUT2D eigenvalue weighted by Gasteiger charge is 2.07. The van der Waals surface area contributed by atoms with Gasteiger partial charge < -0.3 is 15.2 Å². The molecule has 7 nitrogen and oxygen atoms in total. The summed E-state index contributed by atoms with van der Waals surface area (Å²) in [5.41, 5.74) is 0.240. The monoisotopic (exact) mass is 259 g/mol. The summed E-state index contributed by atoms with van der Waals surface area (Å²) in [7, 11) is 0. The first-order valence-electron chi connectivity index (χ1n) is 5.60. The molecule has 19 heavy (non-hydrogen) atoms. The van der Waals surface area contributed by atoms with E-state index in [0.717, 1.165) is 0 Å². The van der Waals surface area contributed by atoms with E-state index in [-0.39, 0.29) is 11.6 Å². The highest BCUT2D eigenvalue weighted by atomic mass is 16.5. The highest BCUT2D eigenvalue weighted by molar-refractivity contribution is 5.92. The molecule has 0 spiro atoms. The van der Waals surface area contributed by atoms with E-state index in [1.807, 2.05) is 0 Å². The van der Waals surface area contributed by atoms with Gasteiger partial charge in [-0.1, -0.05) is 11.2 Å². The van der Waals surface area contributed by atoms with E-state index in [4.69, 9.17) is 4.52 Å². The largest absolute Gasteiger partial charge is 0.360 e. The van der Waals surface area contributed by atoms with Gasteiger partial charge in [0.1, 0.15) is 17.3 Å². The van der Waals surface area contributed by atoms with Crippen LogP contribution < -0.4 is 10.6 Å². The van der Waals surface area contributed by atoms with Crippen LogP contribution in [-0.2, 0) is 0 Å². The van der Waals surface area contributed by atoms with Crippen molar-refractivity contribution in [2.24, 2.45) is 0 Å². The van der Waals surface area contributed by atoms with Gasteiger partial charge in [0.2, 0.25) is 0 Å². The van der Waals surface area contributed by atoms with Gasteiger partial charge in [0.15, 0.2) is 5.82 Å². The molecule has 98 valence electrons. The van der Waals surface area contributed by atoms with Crippen LogP contribution in [0.3, 0.4) is 0 Å². The zero-order chi connectivity index (χ0) is 13.7. The summed E-state index contributed by atoms with van der Waals surface area (Å²) in [5, 5.41) is 9.29. The lowest BCUT2D eigenvalue weighted by atomic mass is 10.4. The van der Waals surface area contributed by atoms with Gasteiger partial charge in [-0.3, -0.25) is 4.79 Å². The number of nitrogens with zero attached hydrogens (tertiary/aromatic N) is 3. The molecule has 7 heteroatoms. The van der Waals surface area contributed by atoms with Gasteiger partial charge in [0, 0.05) is 12.6 Å². The maximum Gasteiger partial charge on any atom is 0.271 e. The normalized spacial score (nSPS) is 9.95. The molecule has 0 saturated carbocycles. The van der Waals surface area contributed by atoms with Gasteiger partial charge in [-0.05, 0) is 6.92 Å². The number of carbonyl (C=O) groups excluding carboxylic acids is 1. The maximum absolute atomic E-state index is 11.6. The fraction of sp³-hybridized carbons (Fsp3) is 0.167. The summed E-state index contributed by atoms with van der Waals surface area (Å²) in [6, 6.07) is 1.73. The molecular weight excluding hydrogens is 246 g/mol. The number of anilines is 2. The van der Waals surface area contributed by atoms with E-state index in [1.54, 1.807) is 19.1 Å². The van der Waals surface area contributed by atoms with Crippen LogP contribution >= 0.6 is 0 Å². The van der Waals surface area contributed by atoms with Crippen LogP contribution in [0.15, 0.2) is 35.6 Å². The second-order valence-electron chi connectivity index (χ2n) is 3.73. The van der Waals surface area contributed by atoms with Crippen molar-refractivity contribution in [3.8, 4) is 0 Å². The molecule has 2 N–H and O–H groups in total. The lowest BCUT2D eigenvalue weighted by molar-refractivity contribution is 0.0952. The van der Waals surface area contributed by atoms with Crippen LogP contribution in [0.4, 0.5) is 11.6 Å². The molecule has 2 rings (SSSR count). The quantitative estimate of drug-likeness (QED) is 0.789. The molecular formula is C12H13N5O2. The number of amides is 1. The third-order valence-electron chi connectivity index (χ3n) is 2.18. The van der Waals surface area contributed by atoms with E-state index in [9.17, 15) is 4.79 Å². The first kappa shape index (κ1) is 12.7. The Morgan fingerprint density at radius 2 is 2.26 bits per heavy atom. The average Bonchev–Trinajstić information content (AvgIpc) is 2.82. The molecule has 0 bridgehead atoms. The van der Waals surface area contributed by atoms with Gasteiger partial charge in [-0.15, -0.1) is 6.58 Å². The van der Waals surface area contributed by atoms with E-state index < -0.39 is 0 Å². The van der Waals surface area contributed by atoms with Crippen LogP contribution in [0.2, 0.25) is 0 Å². The molecule has 2 heterocycles. The molecule has 0 atom stereocenters. The van der Waals surface area contributed by atoms with Crippen LogP contribution in [0.1, 0.15) is 16.2 Å². The maximum atomic E-state index is 11.6. The Hall–Kier alpha value is -2.70. The summed E-state index contributed by atoms with van der Waals surface area (Å²) in [4.78, 5) is 19.6. The lowest BCUT2D eigenvalue weighted by Crippen LogP contribution is -2.24. The second kappa shape index (κ2) is 5.76. The molecule has 0 aliphatic carbocycles. The Morgan fingerprint density at radius 1 is 1.42 bits per heavy atom. The highest BCUT2D eigenvalue weighted by Crippen LogP contribution is 2.12. The molecule has 0 aromatic carbocycles. The molecule has 2 aromatic rings. The zero-order valence-electron chi connectivity index (χ0n) is 10.4. The third-order valence-corrected chi connectivity index (χ3v) is 2.18. The van der Waals surface area contributed by atoms with Crippen molar-refractivity contribution >= 4 is 17.5 Å². The van der Waals surface area contributed by atoms with Crippen LogP contribution in [0, 0.1) is 6.92 Å². The Labute approximate surface area is 109 Å². The first-order valence-corrected chi connectivity index (χ1v) is 5.60. The molecule has 0 radical (unpaired) electrons. The van der Waals surface area contributed by atoms with E-state index in [2.05, 4.69) is 32.3 Å². The Morgan fingerprint density at radius 3 is 2.84 bits per heavy atom. The van der Waals surface area contributed by atoms with E-state index in [0.29, 0.717) is 23.9 Å². The number of hydrogen-bond donors (Lipinski definition) is 2. The number of carbonyl (C=O) groups is 1. The topological polar surface area (TPSA) is 92.9 Å². The number of aryl methyl sites for hydroxylation is 1. The van der Waals surface area contributed by atoms with Crippen molar-refractivity contribution < 1.29 is 9.32 Å². The van der Waals surface area contributed by atoms with Gasteiger partial charge >= 0.3 is 0 Å². The fourth-order valence-corrected chi connectivity index (χ4v) is 1.32. The van der Waals surface area contributed by atoms with Crippen molar-refractivity contribution in [3.05, 3.63) is 42.6 Å². The van der Waals surface area contributed by atoms with Crippen LogP contribution in [0.5, 0.6) is 0 Å². The van der Waals surface area contributed by atoms with Crippen LogP contribution in [0.25, 0.3) is 0 Å². The minimum atomic E-state index is -0.295. The van der Waals surface area contributed by atoms with Crippen molar-refractivity contribution in [1.82, 2.24) is 20.4 Å². The summed E-state index contributed by atoms with van der Waals surface area (Å²) >= 11 is 0. The predicted molar refractivity (Wildman–Crippen MR) is 69.1 cm³/mol. The number of rotatable bonds is 5. The number of hydrogen-bond acceptors (Lipinski definition) is 6. The second-order valence-corrected chi connectivity index (χ2v) is 3.73. The number of nitrogens with one attached hydrogen (secondary N) is 2. The number of aromatic nitrogens is 3. The molecule has 1 amide bonds. The SMILES string of the molecule is C=CCNC(=O)c1cnc(Nc2cc(C)on2)cn1. The molecule has 0 unspecified atom stereocenters. The van der Waals surface area contributed by atoms with E-state index >= 15 is 0 Å². The summed E-state index contributed by atoms with van der Waals surface area (Å²) < 4.78 is 4.91. The van der Waals surface area contributed by atoms with Gasteiger partial charge in [-0.25, -0.2) is 9.97 Å². The summed E-state index contributed by atoms with van der Waals surface area (Å²) in [6.07, 6.45) is 4.43. The average molecular weight is 259 g/mol. The summed E-state index contributed by atoms with van der Waals surface area (Å²) in [5.74, 6) is 1.41. The predicted octanol–water partition coefficient (Wildman–Crippen LogP) is 1.43. The van der Waals surface area contributed by atoms with Gasteiger partial charge in [0.25, 0.3) is 5.91 Å². The van der Waals surface area contributed by atoms with Gasteiger partial charge in [0.05, 0.1) is 12.4 Å². The van der Waals surface area contributed by atoms with E-state index in [1.165, 1.54) is 12.4 Å². The van der Waals surface area contributed by atoms with Crippen molar-refractivity contribution in [1.29, 1.82) is 0 Å². The lowest BCUT2D eigenvalue weighted by Gasteiger charge is -2.03. The molecule has 0 saturated heterocycles. The smallest absolute Gasteiger partial charge is 0.271 e. The molecule has 2 aromatic heterocycles. The first-order chi connectivity index (χ1) is 9.19. The van der Waals surface area contributed by atoms with Crippen LogP contribution in [-0.4, -0.2) is 27.6 Å². The van der Waals surface area contributed by atoms with Gasteiger partial charge in [-0.2, -0.15) is 0 Å². The van der Waals surface area contributed by atoms with Crippen molar-refractivity contribution in [2.75, 3.05) is 11.9 Å². The minimum absolute atomic E-state index is 0.240. The minimum Gasteiger partial charge on any atom is -0.360 e. The molecule has 0 aliphatic heterocycles. The molecule has 0 aliphatic rings. The van der Waals surface area contributed by atoms with Crippen molar-refractivity contribution in [2.45, 2.75) is 6.92 Å². The summed E-state index contributed by atoms with van der Waals surface area (Å²) in [6.45, 7) is 5.69. The molecule has 0 fully saturated rings. The fourth-order valence-electron chi connectivity index (χ4n) is 1.32. The Bertz CT molecular complexity index is 576. The zero-order valence-corrected chi connectivity index (χ0v) is 10.4.